The number of hydrogen-bond donors (Lipinski definition) is 4. The number of β-lactam (4-membered cyclic amide) rings is 1. The number of nitrogens with one attached hydrogen (secondary N) is 4. The second-order valence-electron chi connectivity index (χ2n) is 10.6. The van der Waals surface area contributed by atoms with E-state index in [0.29, 0.717) is 12.8 Å². The van der Waals surface area contributed by atoms with E-state index in [2.05, 4.69) is 26.3 Å². The number of amides is 4. The topological polar surface area (TPSA) is 174 Å². The van der Waals surface area contributed by atoms with Crippen LogP contribution in [0.5, 0.6) is 0 Å². The van der Waals surface area contributed by atoms with Crippen LogP contribution in [0.25, 0.3) is 0 Å². The maximum absolute atomic E-state index is 12.5. The molecule has 0 aliphatic carbocycles. The van der Waals surface area contributed by atoms with Crippen LogP contribution >= 0.6 is 0 Å². The Morgan fingerprint density at radius 1 is 0.860 bits per heavy atom. The van der Waals surface area contributed by atoms with E-state index in [1.54, 1.807) is 45.0 Å². The second-order valence-corrected chi connectivity index (χ2v) is 10.6. The number of carbonyl (C=O) groups excluding carboxylic acids is 5. The monoisotopic (exact) mass is 595 g/mol. The minimum atomic E-state index is -0.842. The van der Waals surface area contributed by atoms with Gasteiger partial charge in [0, 0.05) is 6.54 Å². The van der Waals surface area contributed by atoms with Gasteiger partial charge in [-0.2, -0.15) is 0 Å². The van der Waals surface area contributed by atoms with Crippen molar-refractivity contribution in [3.63, 3.8) is 0 Å². The highest BCUT2D eigenvalue weighted by atomic mass is 16.6. The van der Waals surface area contributed by atoms with Crippen LogP contribution in [0, 0.1) is 5.92 Å². The van der Waals surface area contributed by atoms with Crippen molar-refractivity contribution >= 4 is 35.9 Å². The third kappa shape index (κ3) is 11.8. The number of alkyl carbamates (subject to hydrolysis) is 2. The summed E-state index contributed by atoms with van der Waals surface area (Å²) >= 11 is 0. The Morgan fingerprint density at radius 2 is 1.40 bits per heavy atom. The lowest BCUT2D eigenvalue weighted by atomic mass is 9.86. The van der Waals surface area contributed by atoms with E-state index in [0.717, 1.165) is 11.1 Å². The first-order valence-corrected chi connectivity index (χ1v) is 13.8. The highest BCUT2D eigenvalue weighted by Crippen LogP contribution is 2.21. The van der Waals surface area contributed by atoms with Crippen molar-refractivity contribution in [3.8, 4) is 0 Å². The summed E-state index contributed by atoms with van der Waals surface area (Å²) in [5.74, 6) is -2.20. The highest BCUT2D eigenvalue weighted by molar-refractivity contribution is 6.01. The Morgan fingerprint density at radius 3 is 1.88 bits per heavy atom. The van der Waals surface area contributed by atoms with Gasteiger partial charge in [-0.1, -0.05) is 60.7 Å². The van der Waals surface area contributed by atoms with Gasteiger partial charge in [0.15, 0.2) is 0 Å². The number of aliphatic imine (C=N–C) groups is 1. The van der Waals surface area contributed by atoms with Crippen LogP contribution in [0.15, 0.2) is 65.7 Å². The number of rotatable bonds is 11. The van der Waals surface area contributed by atoms with Crippen molar-refractivity contribution in [1.82, 2.24) is 21.3 Å². The fourth-order valence-electron chi connectivity index (χ4n) is 3.93. The Labute approximate surface area is 249 Å². The van der Waals surface area contributed by atoms with Crippen LogP contribution in [0.4, 0.5) is 9.59 Å². The molecule has 4 amide bonds. The van der Waals surface area contributed by atoms with Crippen LogP contribution in [0.3, 0.4) is 0 Å². The summed E-state index contributed by atoms with van der Waals surface area (Å²) in [6.45, 7) is 4.95. The average Bonchev–Trinajstić information content (AvgIpc) is 2.96. The van der Waals surface area contributed by atoms with Crippen LogP contribution in [0.2, 0.25) is 0 Å². The van der Waals surface area contributed by atoms with Gasteiger partial charge in [-0.3, -0.25) is 30.0 Å². The van der Waals surface area contributed by atoms with Gasteiger partial charge in [0.1, 0.15) is 31.4 Å². The Bertz CT molecular complexity index is 1240. The minimum absolute atomic E-state index is 0.00653. The van der Waals surface area contributed by atoms with E-state index in [1.165, 1.54) is 0 Å². The Hall–Kier alpha value is -4.94. The quantitative estimate of drug-likeness (QED) is 0.0766. The fourth-order valence-corrected chi connectivity index (χ4v) is 3.93. The van der Waals surface area contributed by atoms with Crippen molar-refractivity contribution in [2.75, 3.05) is 13.1 Å². The first-order chi connectivity index (χ1) is 20.5. The largest absolute Gasteiger partial charge is 0.459 e. The molecular formula is C30H37N5O8. The van der Waals surface area contributed by atoms with E-state index in [9.17, 15) is 24.0 Å². The van der Waals surface area contributed by atoms with E-state index in [1.807, 2.05) is 36.4 Å². The Balaban J connectivity index is 1.51. The van der Waals surface area contributed by atoms with Gasteiger partial charge in [0.25, 0.3) is 0 Å². The fraction of sp³-hybridized carbons (Fsp3) is 0.400. The molecule has 2 atom stereocenters. The smallest absolute Gasteiger partial charge is 0.414 e. The van der Waals surface area contributed by atoms with Crippen LogP contribution in [0.1, 0.15) is 44.7 Å². The molecule has 0 aromatic heterocycles. The number of esters is 1. The molecule has 1 saturated heterocycles. The van der Waals surface area contributed by atoms with Gasteiger partial charge in [0.2, 0.25) is 17.8 Å². The summed E-state index contributed by atoms with van der Waals surface area (Å²) in [7, 11) is 0. The van der Waals surface area contributed by atoms with E-state index in [-0.39, 0.29) is 38.2 Å². The Kier molecular flexibility index (Phi) is 12.0. The molecule has 1 aliphatic heterocycles. The van der Waals surface area contributed by atoms with Gasteiger partial charge in [-0.05, 0) is 44.7 Å². The van der Waals surface area contributed by atoms with Crippen molar-refractivity contribution < 1.29 is 38.2 Å². The number of benzene rings is 2. The first kappa shape index (κ1) is 32.6. The number of guanidine groups is 1. The summed E-state index contributed by atoms with van der Waals surface area (Å²) in [5.41, 5.74) is 0.861. The normalized spacial score (nSPS) is 15.6. The summed E-state index contributed by atoms with van der Waals surface area (Å²) in [6, 6.07) is 17.3. The number of nitrogens with zero attached hydrogens (tertiary/aromatic N) is 1. The van der Waals surface area contributed by atoms with Gasteiger partial charge < -0.3 is 24.8 Å². The van der Waals surface area contributed by atoms with Crippen LogP contribution in [-0.4, -0.2) is 60.7 Å². The molecule has 2 unspecified atom stereocenters. The molecule has 0 spiro atoms. The zero-order chi connectivity index (χ0) is 31.2. The zero-order valence-electron chi connectivity index (χ0n) is 24.4. The van der Waals surface area contributed by atoms with Gasteiger partial charge >= 0.3 is 18.2 Å². The molecule has 3 rings (SSSR count). The summed E-state index contributed by atoms with van der Waals surface area (Å²) in [4.78, 5) is 65.5. The van der Waals surface area contributed by atoms with Gasteiger partial charge in [-0.25, -0.2) is 9.59 Å². The third-order valence-electron chi connectivity index (χ3n) is 5.96. The second kappa shape index (κ2) is 15.9. The highest BCUT2D eigenvalue weighted by Gasteiger charge is 2.43. The van der Waals surface area contributed by atoms with Crippen LogP contribution in [-0.2, 0) is 41.8 Å². The molecule has 4 N–H and O–H groups in total. The lowest BCUT2D eigenvalue weighted by Crippen LogP contribution is -2.64. The molecule has 13 heteroatoms. The number of carbonyl (C=O) groups is 5. The lowest BCUT2D eigenvalue weighted by molar-refractivity contribution is -0.155. The minimum Gasteiger partial charge on any atom is -0.459 e. The average molecular weight is 596 g/mol. The van der Waals surface area contributed by atoms with E-state index < -0.39 is 41.6 Å². The summed E-state index contributed by atoms with van der Waals surface area (Å²) < 4.78 is 15.6. The SMILES string of the molecule is CC(C)(C)OC(=O)CNC(=O)C1NC(=O)C1CCCN=C(NC(=O)OCc1ccccc1)NC(=O)OCc1ccccc1. The van der Waals surface area contributed by atoms with Crippen molar-refractivity contribution in [2.24, 2.45) is 10.9 Å². The molecule has 230 valence electrons. The van der Waals surface area contributed by atoms with Gasteiger partial charge in [0.05, 0.1) is 5.92 Å². The van der Waals surface area contributed by atoms with Crippen molar-refractivity contribution in [1.29, 1.82) is 0 Å². The molecule has 1 heterocycles. The molecule has 43 heavy (non-hydrogen) atoms. The van der Waals surface area contributed by atoms with E-state index in [4.69, 9.17) is 14.2 Å². The predicted octanol–water partition coefficient (Wildman–Crippen LogP) is 2.55. The predicted molar refractivity (Wildman–Crippen MR) is 155 cm³/mol. The molecule has 1 aliphatic rings. The number of hydrogen-bond acceptors (Lipinski definition) is 9. The molecule has 2 aromatic rings. The van der Waals surface area contributed by atoms with Crippen LogP contribution < -0.4 is 21.3 Å². The maximum Gasteiger partial charge on any atom is 0.414 e. The molecule has 0 bridgehead atoms. The number of ether oxygens (including phenoxy) is 3. The molecule has 2 aromatic carbocycles. The van der Waals surface area contributed by atoms with E-state index >= 15 is 0 Å². The van der Waals surface area contributed by atoms with Crippen molar-refractivity contribution in [3.05, 3.63) is 71.8 Å². The lowest BCUT2D eigenvalue weighted by Gasteiger charge is -2.35. The molecule has 0 radical (unpaired) electrons. The van der Waals surface area contributed by atoms with Crippen molar-refractivity contribution in [2.45, 2.75) is 58.5 Å². The summed E-state index contributed by atoms with van der Waals surface area (Å²) in [6.07, 6.45) is -1.04. The zero-order valence-corrected chi connectivity index (χ0v) is 24.4. The third-order valence-corrected chi connectivity index (χ3v) is 5.96. The maximum atomic E-state index is 12.5. The van der Waals surface area contributed by atoms with Gasteiger partial charge in [-0.15, -0.1) is 0 Å². The standard InChI is InChI=1S/C30H37N5O8/c1-30(2,3)43-23(36)17-32-26(38)24-22(25(37)33-24)15-10-16-31-27(34-28(39)41-18-20-11-6-4-7-12-20)35-29(40)42-19-21-13-8-5-9-14-21/h4-9,11-14,22,24H,10,15-19H2,1-3H3,(H,32,38)(H,33,37)(H2,31,34,35,39,40). The summed E-state index contributed by atoms with van der Waals surface area (Å²) in [5, 5.41) is 9.82. The first-order valence-electron chi connectivity index (χ1n) is 13.8. The molecule has 1 fully saturated rings. The molecule has 13 nitrogen and oxygen atoms in total. The molecule has 0 saturated carbocycles. The molecular weight excluding hydrogens is 558 g/mol.